The Morgan fingerprint density at radius 2 is 2.00 bits per heavy atom. The average molecular weight is 280 g/mol. The van der Waals surface area contributed by atoms with Crippen LogP contribution in [-0.2, 0) is 16.4 Å². The molecular formula is C11H18ClNO3S. The van der Waals surface area contributed by atoms with Gasteiger partial charge in [-0.2, -0.15) is 0 Å². The van der Waals surface area contributed by atoms with Gasteiger partial charge in [0.05, 0.1) is 12.0 Å². The number of rotatable bonds is 5. The first kappa shape index (κ1) is 16.2. The van der Waals surface area contributed by atoms with E-state index in [9.17, 15) is 8.42 Å². The Balaban J connectivity index is 0.00000256. The van der Waals surface area contributed by atoms with Gasteiger partial charge in [-0.05, 0) is 36.6 Å². The first-order valence-electron chi connectivity index (χ1n) is 5.18. The maximum absolute atomic E-state index is 11.4. The molecule has 0 radical (unpaired) electrons. The predicted octanol–water partition coefficient (Wildman–Crippen LogP) is 2.11. The van der Waals surface area contributed by atoms with Gasteiger partial charge in [0.1, 0.15) is 5.75 Å². The Hall–Kier alpha value is -0.780. The van der Waals surface area contributed by atoms with Crippen molar-refractivity contribution in [3.63, 3.8) is 0 Å². The van der Waals surface area contributed by atoms with Crippen LogP contribution in [0.3, 0.4) is 0 Å². The number of nitrogens with two attached hydrogens (primary N) is 1. The first-order chi connectivity index (χ1) is 7.49. The number of ether oxygens (including phenoxy) is 1. The monoisotopic (exact) mass is 279 g/mol. The van der Waals surface area contributed by atoms with Crippen molar-refractivity contribution in [2.75, 3.05) is 7.11 Å². The summed E-state index contributed by atoms with van der Waals surface area (Å²) in [5.74, 6) is 0.651. The summed E-state index contributed by atoms with van der Waals surface area (Å²) in [6, 6.07) is 4.84. The third kappa shape index (κ3) is 4.53. The van der Waals surface area contributed by atoms with Crippen LogP contribution in [0.5, 0.6) is 5.75 Å². The molecule has 6 heteroatoms. The Labute approximate surface area is 109 Å². The van der Waals surface area contributed by atoms with Gasteiger partial charge in [-0.3, -0.25) is 0 Å². The molecule has 0 aliphatic rings. The molecule has 0 heterocycles. The highest BCUT2D eigenvalue weighted by molar-refractivity contribution is 7.89. The van der Waals surface area contributed by atoms with Gasteiger partial charge in [0, 0.05) is 0 Å². The Kier molecular flexibility index (Phi) is 6.52. The number of primary sulfonamides is 1. The van der Waals surface area contributed by atoms with Crippen molar-refractivity contribution in [1.82, 2.24) is 0 Å². The lowest BCUT2D eigenvalue weighted by Gasteiger charge is -2.09. The molecule has 0 saturated heterocycles. The summed E-state index contributed by atoms with van der Waals surface area (Å²) in [7, 11) is -2.09. The number of halogens is 1. The SMILES string of the molecule is CCCCc1cc(OC)ccc1S(N)(=O)=O.Cl. The van der Waals surface area contributed by atoms with Crippen molar-refractivity contribution in [2.45, 2.75) is 31.1 Å². The van der Waals surface area contributed by atoms with Gasteiger partial charge in [-0.1, -0.05) is 13.3 Å². The number of benzene rings is 1. The fourth-order valence-corrected chi connectivity index (χ4v) is 2.31. The zero-order chi connectivity index (χ0) is 12.2. The zero-order valence-corrected chi connectivity index (χ0v) is 11.6. The van der Waals surface area contributed by atoms with E-state index in [4.69, 9.17) is 9.88 Å². The van der Waals surface area contributed by atoms with Crippen molar-refractivity contribution in [3.05, 3.63) is 23.8 Å². The summed E-state index contributed by atoms with van der Waals surface area (Å²) in [5, 5.41) is 5.15. The van der Waals surface area contributed by atoms with Crippen molar-refractivity contribution < 1.29 is 13.2 Å². The van der Waals surface area contributed by atoms with E-state index in [2.05, 4.69) is 6.92 Å². The molecule has 4 nitrogen and oxygen atoms in total. The van der Waals surface area contributed by atoms with Crippen LogP contribution in [0.25, 0.3) is 0 Å². The lowest BCUT2D eigenvalue weighted by molar-refractivity contribution is 0.413. The summed E-state index contributed by atoms with van der Waals surface area (Å²) in [6.45, 7) is 2.05. The van der Waals surface area contributed by atoms with Gasteiger partial charge < -0.3 is 4.74 Å². The smallest absolute Gasteiger partial charge is 0.238 e. The topological polar surface area (TPSA) is 69.4 Å². The molecule has 1 aromatic carbocycles. The van der Waals surface area contributed by atoms with Gasteiger partial charge >= 0.3 is 0 Å². The first-order valence-corrected chi connectivity index (χ1v) is 6.73. The number of sulfonamides is 1. The molecule has 0 bridgehead atoms. The fraction of sp³-hybridized carbons (Fsp3) is 0.455. The van der Waals surface area contributed by atoms with Crippen molar-refractivity contribution in [3.8, 4) is 5.75 Å². The van der Waals surface area contributed by atoms with Crippen molar-refractivity contribution in [1.29, 1.82) is 0 Å². The number of hydrogen-bond acceptors (Lipinski definition) is 3. The largest absolute Gasteiger partial charge is 0.497 e. The van der Waals surface area contributed by atoms with Crippen LogP contribution in [-0.4, -0.2) is 15.5 Å². The van der Waals surface area contributed by atoms with Crippen LogP contribution in [0.1, 0.15) is 25.3 Å². The highest BCUT2D eigenvalue weighted by atomic mass is 35.5. The molecule has 0 amide bonds. The highest BCUT2D eigenvalue weighted by Gasteiger charge is 2.14. The van der Waals surface area contributed by atoms with E-state index < -0.39 is 10.0 Å². The second kappa shape index (κ2) is 6.83. The minimum absolute atomic E-state index is 0. The Morgan fingerprint density at radius 1 is 1.35 bits per heavy atom. The van der Waals surface area contributed by atoms with Crippen molar-refractivity contribution >= 4 is 22.4 Å². The molecular weight excluding hydrogens is 262 g/mol. The second-order valence-electron chi connectivity index (χ2n) is 3.62. The quantitative estimate of drug-likeness (QED) is 0.897. The van der Waals surface area contributed by atoms with Gasteiger partial charge in [0.2, 0.25) is 10.0 Å². The van der Waals surface area contributed by atoms with Crippen LogP contribution in [0.2, 0.25) is 0 Å². The van der Waals surface area contributed by atoms with Crippen LogP contribution in [0.4, 0.5) is 0 Å². The maximum Gasteiger partial charge on any atom is 0.238 e. The van der Waals surface area contributed by atoms with Crippen molar-refractivity contribution in [2.24, 2.45) is 5.14 Å². The molecule has 0 fully saturated rings. The molecule has 17 heavy (non-hydrogen) atoms. The molecule has 0 aliphatic carbocycles. The van der Waals surface area contributed by atoms with E-state index in [1.54, 1.807) is 19.2 Å². The zero-order valence-electron chi connectivity index (χ0n) is 9.97. The van der Waals surface area contributed by atoms with Crippen LogP contribution in [0.15, 0.2) is 23.1 Å². The molecule has 0 atom stereocenters. The average Bonchev–Trinajstić information content (AvgIpc) is 2.24. The molecule has 0 spiro atoms. The second-order valence-corrected chi connectivity index (χ2v) is 5.15. The van der Waals surface area contributed by atoms with Gasteiger partial charge in [0.25, 0.3) is 0 Å². The number of hydrogen-bond donors (Lipinski definition) is 1. The van der Waals surface area contributed by atoms with E-state index >= 15 is 0 Å². The lowest BCUT2D eigenvalue weighted by atomic mass is 10.1. The highest BCUT2D eigenvalue weighted by Crippen LogP contribution is 2.22. The number of unbranched alkanes of at least 4 members (excludes halogenated alkanes) is 1. The molecule has 0 saturated carbocycles. The van der Waals surface area contributed by atoms with E-state index in [1.165, 1.54) is 6.07 Å². The van der Waals surface area contributed by atoms with Gasteiger partial charge in [-0.25, -0.2) is 13.6 Å². The molecule has 98 valence electrons. The lowest BCUT2D eigenvalue weighted by Crippen LogP contribution is -2.14. The van der Waals surface area contributed by atoms with E-state index in [0.29, 0.717) is 12.2 Å². The Morgan fingerprint density at radius 3 is 2.47 bits per heavy atom. The molecule has 0 aliphatic heterocycles. The summed E-state index contributed by atoms with van der Waals surface area (Å²) in [5.41, 5.74) is 0.726. The Bertz CT molecular complexity index is 460. The molecule has 0 unspecified atom stereocenters. The van der Waals surface area contributed by atoms with Crippen LogP contribution < -0.4 is 9.88 Å². The van der Waals surface area contributed by atoms with Crippen LogP contribution >= 0.6 is 12.4 Å². The van der Waals surface area contributed by atoms with Gasteiger partial charge in [0.15, 0.2) is 0 Å². The maximum atomic E-state index is 11.4. The number of methoxy groups -OCH3 is 1. The van der Waals surface area contributed by atoms with Crippen LogP contribution in [0, 0.1) is 0 Å². The molecule has 2 N–H and O–H groups in total. The van der Waals surface area contributed by atoms with Gasteiger partial charge in [-0.15, -0.1) is 12.4 Å². The normalized spacial score (nSPS) is 10.8. The predicted molar refractivity (Wildman–Crippen MR) is 70.2 cm³/mol. The number of aryl methyl sites for hydroxylation is 1. The van der Waals surface area contributed by atoms with E-state index in [0.717, 1.165) is 18.4 Å². The van der Waals surface area contributed by atoms with E-state index in [1.807, 2.05) is 0 Å². The molecule has 1 aromatic rings. The minimum atomic E-state index is -3.64. The summed E-state index contributed by atoms with van der Waals surface area (Å²) < 4.78 is 27.8. The fourth-order valence-electron chi connectivity index (χ4n) is 1.52. The molecule has 1 rings (SSSR count). The van der Waals surface area contributed by atoms with E-state index in [-0.39, 0.29) is 17.3 Å². The summed E-state index contributed by atoms with van der Waals surface area (Å²) in [4.78, 5) is 0.196. The minimum Gasteiger partial charge on any atom is -0.497 e. The summed E-state index contributed by atoms with van der Waals surface area (Å²) in [6.07, 6.45) is 2.62. The molecule has 0 aromatic heterocycles. The standard InChI is InChI=1S/C11H17NO3S.ClH/c1-3-4-5-9-8-10(15-2)6-7-11(9)16(12,13)14;/h6-8H,3-5H2,1-2H3,(H2,12,13,14);1H. The third-order valence-electron chi connectivity index (χ3n) is 2.37. The summed E-state index contributed by atoms with van der Waals surface area (Å²) >= 11 is 0. The third-order valence-corrected chi connectivity index (χ3v) is 3.39.